The molecule has 0 spiro atoms. The smallest absolute Gasteiger partial charge is 0.251 e. The van der Waals surface area contributed by atoms with Crippen LogP contribution in [0.5, 0.6) is 0 Å². The summed E-state index contributed by atoms with van der Waals surface area (Å²) in [7, 11) is 0. The number of amides is 1. The number of aromatic nitrogens is 1. The molecule has 0 saturated heterocycles. The minimum absolute atomic E-state index is 0.151. The molecule has 5 nitrogen and oxygen atoms in total. The van der Waals surface area contributed by atoms with Gasteiger partial charge in [-0.3, -0.25) is 14.6 Å². The van der Waals surface area contributed by atoms with Gasteiger partial charge in [0, 0.05) is 34.9 Å². The van der Waals surface area contributed by atoms with E-state index in [1.807, 2.05) is 55.5 Å². The van der Waals surface area contributed by atoms with Crippen LogP contribution < -0.4 is 5.32 Å². The molecule has 196 valence electrons. The molecule has 6 heteroatoms. The summed E-state index contributed by atoms with van der Waals surface area (Å²) in [6.45, 7) is 8.08. The topological polar surface area (TPSA) is 72.2 Å². The lowest BCUT2D eigenvalue weighted by atomic mass is 9.93. The lowest BCUT2D eigenvalue weighted by Gasteiger charge is -2.14. The molecule has 0 fully saturated rings. The monoisotopic (exact) mass is 520 g/mol. The molecule has 0 aliphatic rings. The molecule has 5 rings (SSSR count). The number of furan rings is 1. The van der Waals surface area contributed by atoms with Crippen molar-refractivity contribution < 1.29 is 18.4 Å². The highest BCUT2D eigenvalue weighted by atomic mass is 19.1. The van der Waals surface area contributed by atoms with Gasteiger partial charge in [-0.2, -0.15) is 0 Å². The van der Waals surface area contributed by atoms with Gasteiger partial charge in [0.25, 0.3) is 5.91 Å². The number of hydrogen-bond donors (Lipinski definition) is 1. The highest BCUT2D eigenvalue weighted by Crippen LogP contribution is 2.37. The van der Waals surface area contributed by atoms with Gasteiger partial charge in [0.2, 0.25) is 0 Å². The number of nitrogens with zero attached hydrogens (tertiary/aromatic N) is 1. The summed E-state index contributed by atoms with van der Waals surface area (Å²) in [5.74, 6) is 0.0595. The maximum absolute atomic E-state index is 13.5. The minimum Gasteiger partial charge on any atom is -0.455 e. The molecule has 0 bridgehead atoms. The molecular formula is C33H29FN2O3. The van der Waals surface area contributed by atoms with E-state index in [0.29, 0.717) is 45.9 Å². The predicted molar refractivity (Wildman–Crippen MR) is 152 cm³/mol. The van der Waals surface area contributed by atoms with Crippen molar-refractivity contribution in [3.8, 4) is 33.6 Å². The van der Waals surface area contributed by atoms with Crippen LogP contribution in [0.4, 0.5) is 4.39 Å². The molecule has 2 aromatic heterocycles. The number of ketones is 1. The zero-order chi connectivity index (χ0) is 27.7. The molecule has 0 atom stereocenters. The summed E-state index contributed by atoms with van der Waals surface area (Å²) in [4.78, 5) is 30.4. The third-order valence-corrected chi connectivity index (χ3v) is 6.62. The number of hydrogen-bond acceptors (Lipinski definition) is 4. The fraction of sp³-hybridized carbons (Fsp3) is 0.182. The van der Waals surface area contributed by atoms with Gasteiger partial charge in [0.05, 0.1) is 5.56 Å². The largest absolute Gasteiger partial charge is 0.455 e. The third-order valence-electron chi connectivity index (χ3n) is 6.62. The van der Waals surface area contributed by atoms with Crippen LogP contribution in [0.3, 0.4) is 0 Å². The normalized spacial score (nSPS) is 11.2. The van der Waals surface area contributed by atoms with Gasteiger partial charge in [-0.25, -0.2) is 4.39 Å². The van der Waals surface area contributed by atoms with Gasteiger partial charge in [-0.05, 0) is 96.6 Å². The van der Waals surface area contributed by atoms with Gasteiger partial charge >= 0.3 is 0 Å². The molecule has 5 aromatic rings. The van der Waals surface area contributed by atoms with Crippen molar-refractivity contribution in [3.63, 3.8) is 0 Å². The van der Waals surface area contributed by atoms with Crippen molar-refractivity contribution in [2.24, 2.45) is 5.92 Å². The molecule has 39 heavy (non-hydrogen) atoms. The number of carbonyl (C=O) groups excluding carboxylic acids is 2. The van der Waals surface area contributed by atoms with Crippen molar-refractivity contribution in [1.82, 2.24) is 10.3 Å². The molecule has 1 amide bonds. The number of Topliss-reactive ketones (excluding diaryl/α,β-unsaturated/α-hetero) is 1. The van der Waals surface area contributed by atoms with Crippen molar-refractivity contribution in [2.75, 3.05) is 6.54 Å². The van der Waals surface area contributed by atoms with E-state index in [9.17, 15) is 14.0 Å². The Balaban J connectivity index is 1.63. The van der Waals surface area contributed by atoms with Gasteiger partial charge in [0.1, 0.15) is 17.2 Å². The van der Waals surface area contributed by atoms with Gasteiger partial charge in [-0.15, -0.1) is 0 Å². The lowest BCUT2D eigenvalue weighted by molar-refractivity contribution is 0.0948. The summed E-state index contributed by atoms with van der Waals surface area (Å²) >= 11 is 0. The SMILES string of the molecule is CC(=O)c1c(-c2ccc(F)cc2)oc2ccc(-c3ccc(-c4ccnc(C)c4)c(C(=O)NCC(C)C)c3)cc12. The van der Waals surface area contributed by atoms with Crippen LogP contribution in [0, 0.1) is 18.7 Å². The van der Waals surface area contributed by atoms with Gasteiger partial charge < -0.3 is 9.73 Å². The van der Waals surface area contributed by atoms with Crippen LogP contribution in [0.15, 0.2) is 83.4 Å². The van der Waals surface area contributed by atoms with E-state index in [1.54, 1.807) is 18.3 Å². The summed E-state index contributed by atoms with van der Waals surface area (Å²) in [5, 5.41) is 3.71. The Bertz CT molecular complexity index is 1700. The van der Waals surface area contributed by atoms with Crippen LogP contribution >= 0.6 is 0 Å². The fourth-order valence-corrected chi connectivity index (χ4v) is 4.70. The summed E-state index contributed by atoms with van der Waals surface area (Å²) in [6.07, 6.45) is 1.74. The Morgan fingerprint density at radius 1 is 0.897 bits per heavy atom. The molecule has 0 aliphatic heterocycles. The zero-order valence-corrected chi connectivity index (χ0v) is 22.3. The summed E-state index contributed by atoms with van der Waals surface area (Å²) < 4.78 is 19.6. The lowest BCUT2D eigenvalue weighted by Crippen LogP contribution is -2.27. The van der Waals surface area contributed by atoms with Gasteiger partial charge in [-0.1, -0.05) is 32.0 Å². The number of nitrogens with one attached hydrogen (secondary N) is 1. The molecule has 0 saturated carbocycles. The minimum atomic E-state index is -0.361. The van der Waals surface area contributed by atoms with Crippen LogP contribution in [0.1, 0.15) is 47.2 Å². The van der Waals surface area contributed by atoms with Crippen LogP contribution in [0.25, 0.3) is 44.5 Å². The maximum atomic E-state index is 13.5. The average molecular weight is 521 g/mol. The number of carbonyl (C=O) groups is 2. The Kier molecular flexibility index (Phi) is 7.11. The molecule has 0 aliphatic carbocycles. The molecule has 0 unspecified atom stereocenters. The Hall–Kier alpha value is -4.58. The summed E-state index contributed by atoms with van der Waals surface area (Å²) in [5.41, 5.74) is 6.45. The first-order valence-corrected chi connectivity index (χ1v) is 12.9. The first kappa shape index (κ1) is 26.0. The Labute approximate surface area is 226 Å². The van der Waals surface area contributed by atoms with Crippen molar-refractivity contribution in [3.05, 3.63) is 102 Å². The molecule has 1 N–H and O–H groups in total. The van der Waals surface area contributed by atoms with Crippen LogP contribution in [0.2, 0.25) is 0 Å². The van der Waals surface area contributed by atoms with Crippen molar-refractivity contribution >= 4 is 22.7 Å². The molecular weight excluding hydrogens is 491 g/mol. The molecule has 3 aromatic carbocycles. The number of benzene rings is 3. The Morgan fingerprint density at radius 2 is 1.59 bits per heavy atom. The van der Waals surface area contributed by atoms with E-state index < -0.39 is 0 Å². The average Bonchev–Trinajstić information content (AvgIpc) is 3.31. The van der Waals surface area contributed by atoms with E-state index >= 15 is 0 Å². The number of rotatable bonds is 7. The predicted octanol–water partition coefficient (Wildman–Crippen LogP) is 7.86. The second-order valence-electron chi connectivity index (χ2n) is 10.1. The Morgan fingerprint density at radius 3 is 2.28 bits per heavy atom. The number of pyridine rings is 1. The van der Waals surface area contributed by atoms with Gasteiger partial charge in [0.15, 0.2) is 5.78 Å². The van der Waals surface area contributed by atoms with E-state index in [4.69, 9.17) is 4.42 Å². The number of halogens is 1. The molecule has 2 heterocycles. The second kappa shape index (κ2) is 10.7. The first-order valence-electron chi connectivity index (χ1n) is 12.9. The van der Waals surface area contributed by atoms with Crippen LogP contribution in [-0.4, -0.2) is 23.2 Å². The maximum Gasteiger partial charge on any atom is 0.251 e. The molecule has 0 radical (unpaired) electrons. The zero-order valence-electron chi connectivity index (χ0n) is 22.3. The van der Waals surface area contributed by atoms with E-state index in [2.05, 4.69) is 24.1 Å². The second-order valence-corrected chi connectivity index (χ2v) is 10.1. The number of aryl methyl sites for hydroxylation is 1. The van der Waals surface area contributed by atoms with E-state index in [1.165, 1.54) is 19.1 Å². The van der Waals surface area contributed by atoms with E-state index in [0.717, 1.165) is 27.9 Å². The first-order chi connectivity index (χ1) is 18.7. The van der Waals surface area contributed by atoms with Crippen LogP contribution in [-0.2, 0) is 0 Å². The highest BCUT2D eigenvalue weighted by Gasteiger charge is 2.21. The quantitative estimate of drug-likeness (QED) is 0.222. The highest BCUT2D eigenvalue weighted by molar-refractivity contribution is 6.12. The van der Waals surface area contributed by atoms with Crippen molar-refractivity contribution in [2.45, 2.75) is 27.7 Å². The van der Waals surface area contributed by atoms with E-state index in [-0.39, 0.29) is 17.5 Å². The summed E-state index contributed by atoms with van der Waals surface area (Å²) in [6, 6.07) is 21.2. The fourth-order valence-electron chi connectivity index (χ4n) is 4.70. The van der Waals surface area contributed by atoms with Crippen molar-refractivity contribution in [1.29, 1.82) is 0 Å². The third kappa shape index (κ3) is 5.36. The standard InChI is InChI=1S/C33H29FN2O3/c1-19(2)18-36-33(38)28-16-23(7-11-27(28)25-13-14-35-20(3)15-25)24-8-12-30-29(17-24)31(21(4)37)32(39-30)22-5-9-26(34)10-6-22/h5-17,19H,18H2,1-4H3,(H,36,38). The number of fused-ring (bicyclic) bond motifs is 1.